The van der Waals surface area contributed by atoms with E-state index in [4.69, 9.17) is 0 Å². The zero-order valence-corrected chi connectivity index (χ0v) is 16.5. The summed E-state index contributed by atoms with van der Waals surface area (Å²) in [7, 11) is -3.60. The topological polar surface area (TPSA) is 86.7 Å². The number of hydrogen-bond donors (Lipinski definition) is 1. The van der Waals surface area contributed by atoms with Crippen LogP contribution in [0.1, 0.15) is 18.1 Å². The molecular formula is C19H27NO5S. The first-order valence-corrected chi connectivity index (χ1v) is 9.67. The average Bonchev–Trinajstić information content (AvgIpc) is 2.61. The molecule has 2 aromatic carbocycles. The van der Waals surface area contributed by atoms with Crippen molar-refractivity contribution >= 4 is 21.8 Å². The van der Waals surface area contributed by atoms with Gasteiger partial charge in [-0.1, -0.05) is 36.4 Å². The SMILES string of the molecule is CC[N+](CCO)(c1ccccc1C)c1ccccc1C.COS(=O)(=O)[O-]. The summed E-state index contributed by atoms with van der Waals surface area (Å²) >= 11 is 0. The molecule has 0 amide bonds. The lowest BCUT2D eigenvalue weighted by Gasteiger charge is -2.38. The van der Waals surface area contributed by atoms with E-state index in [0.717, 1.165) is 13.7 Å². The van der Waals surface area contributed by atoms with Crippen LogP contribution in [0, 0.1) is 13.8 Å². The largest absolute Gasteiger partial charge is 0.726 e. The second-order valence-electron chi connectivity index (χ2n) is 5.88. The fourth-order valence-electron chi connectivity index (χ4n) is 3.13. The Hall–Kier alpha value is -1.77. The first kappa shape index (κ1) is 22.3. The van der Waals surface area contributed by atoms with Crippen molar-refractivity contribution in [3.05, 3.63) is 59.7 Å². The minimum atomic E-state index is -4.41. The lowest BCUT2D eigenvalue weighted by atomic mass is 10.1. The number of aliphatic hydroxyl groups excluding tert-OH is 1. The molecule has 0 aliphatic rings. The van der Waals surface area contributed by atoms with Crippen molar-refractivity contribution in [3.63, 3.8) is 0 Å². The number of benzene rings is 2. The predicted molar refractivity (Wildman–Crippen MR) is 103 cm³/mol. The lowest BCUT2D eigenvalue weighted by Crippen LogP contribution is -2.47. The highest BCUT2D eigenvalue weighted by atomic mass is 32.3. The predicted octanol–water partition coefficient (Wildman–Crippen LogP) is 3.05. The zero-order valence-electron chi connectivity index (χ0n) is 15.7. The van der Waals surface area contributed by atoms with E-state index in [1.165, 1.54) is 22.5 Å². The fraction of sp³-hybridized carbons (Fsp3) is 0.368. The maximum atomic E-state index is 9.62. The summed E-state index contributed by atoms with van der Waals surface area (Å²) in [6, 6.07) is 17.0. The van der Waals surface area contributed by atoms with E-state index in [-0.39, 0.29) is 6.61 Å². The second-order valence-corrected chi connectivity index (χ2v) is 7.03. The maximum absolute atomic E-state index is 9.62. The van der Waals surface area contributed by atoms with Crippen LogP contribution in [0.4, 0.5) is 11.4 Å². The molecule has 144 valence electrons. The molecule has 0 unspecified atom stereocenters. The van der Waals surface area contributed by atoms with Gasteiger partial charge in [0, 0.05) is 11.1 Å². The molecule has 0 bridgehead atoms. The molecule has 0 aromatic heterocycles. The number of quaternary nitrogens is 1. The van der Waals surface area contributed by atoms with E-state index < -0.39 is 10.4 Å². The van der Waals surface area contributed by atoms with Crippen molar-refractivity contribution < 1.29 is 22.3 Å². The van der Waals surface area contributed by atoms with Gasteiger partial charge in [-0.2, -0.15) is 0 Å². The molecule has 7 heteroatoms. The van der Waals surface area contributed by atoms with Crippen LogP contribution in [-0.4, -0.2) is 44.9 Å². The molecule has 0 saturated carbocycles. The Labute approximate surface area is 156 Å². The minimum absolute atomic E-state index is 0.177. The standard InChI is InChI=1S/C18H24NO.CH4O4S/c1-4-19(13-14-20,17-11-7-5-9-15(17)2)18-12-8-6-10-16(18)3;1-5-6(2,3)4/h5-12,20H,4,13-14H2,1-3H3;1H3,(H,2,3,4)/q+1;/p-1. The summed E-state index contributed by atoms with van der Waals surface area (Å²) in [5.74, 6) is 0. The third-order valence-electron chi connectivity index (χ3n) is 4.38. The van der Waals surface area contributed by atoms with Crippen molar-refractivity contribution in [2.24, 2.45) is 0 Å². The number of likely N-dealkylation sites (N-methyl/N-ethyl adjacent to an activating group) is 1. The van der Waals surface area contributed by atoms with Crippen molar-refractivity contribution in [2.45, 2.75) is 20.8 Å². The van der Waals surface area contributed by atoms with Gasteiger partial charge in [-0.05, 0) is 32.9 Å². The Bertz CT molecular complexity index is 760. The Morgan fingerprint density at radius 1 is 1.00 bits per heavy atom. The van der Waals surface area contributed by atoms with Crippen LogP contribution in [-0.2, 0) is 14.6 Å². The van der Waals surface area contributed by atoms with E-state index in [1.54, 1.807) is 0 Å². The van der Waals surface area contributed by atoms with Crippen molar-refractivity contribution in [2.75, 3.05) is 26.8 Å². The molecule has 0 atom stereocenters. The van der Waals surface area contributed by atoms with Gasteiger partial charge in [0.2, 0.25) is 10.4 Å². The summed E-state index contributed by atoms with van der Waals surface area (Å²) in [6.45, 7) is 8.29. The van der Waals surface area contributed by atoms with Crippen molar-refractivity contribution in [1.82, 2.24) is 4.48 Å². The number of hydrogen-bond acceptors (Lipinski definition) is 5. The first-order valence-electron chi connectivity index (χ1n) is 8.33. The Balaban J connectivity index is 0.000000487. The van der Waals surface area contributed by atoms with Crippen LogP contribution in [0.25, 0.3) is 0 Å². The normalized spacial score (nSPS) is 11.6. The summed E-state index contributed by atoms with van der Waals surface area (Å²) < 4.78 is 31.7. The van der Waals surface area contributed by atoms with Gasteiger partial charge < -0.3 is 9.66 Å². The van der Waals surface area contributed by atoms with Crippen LogP contribution in [0.5, 0.6) is 0 Å². The summed E-state index contributed by atoms with van der Waals surface area (Å²) in [5, 5.41) is 9.62. The quantitative estimate of drug-likeness (QED) is 0.472. The molecular weight excluding hydrogens is 354 g/mol. The zero-order chi connectivity index (χ0) is 19.8. The van der Waals surface area contributed by atoms with Gasteiger partial charge in [0.25, 0.3) is 0 Å². The molecule has 0 radical (unpaired) electrons. The molecule has 0 aliphatic carbocycles. The van der Waals surface area contributed by atoms with E-state index in [0.29, 0.717) is 11.0 Å². The molecule has 0 heterocycles. The van der Waals surface area contributed by atoms with E-state index in [9.17, 15) is 18.1 Å². The smallest absolute Gasteiger partial charge is 0.217 e. The molecule has 1 N–H and O–H groups in total. The minimum Gasteiger partial charge on any atom is -0.726 e. The van der Waals surface area contributed by atoms with Crippen LogP contribution in [0.2, 0.25) is 0 Å². The van der Waals surface area contributed by atoms with Crippen LogP contribution < -0.4 is 4.48 Å². The third kappa shape index (κ3) is 5.62. The number of aryl methyl sites for hydroxylation is 2. The van der Waals surface area contributed by atoms with Gasteiger partial charge in [-0.3, -0.25) is 8.67 Å². The Morgan fingerprint density at radius 2 is 1.38 bits per heavy atom. The Morgan fingerprint density at radius 3 is 1.65 bits per heavy atom. The second kappa shape index (κ2) is 9.80. The van der Waals surface area contributed by atoms with Gasteiger partial charge in [-0.25, -0.2) is 8.42 Å². The fourth-order valence-corrected chi connectivity index (χ4v) is 3.13. The molecule has 26 heavy (non-hydrogen) atoms. The van der Waals surface area contributed by atoms with Gasteiger partial charge in [0.15, 0.2) is 0 Å². The van der Waals surface area contributed by atoms with E-state index in [1.807, 2.05) is 0 Å². The van der Waals surface area contributed by atoms with Crippen LogP contribution in [0.15, 0.2) is 48.5 Å². The summed E-state index contributed by atoms with van der Waals surface area (Å²) in [4.78, 5) is 0. The molecule has 0 fully saturated rings. The highest BCUT2D eigenvalue weighted by Crippen LogP contribution is 2.38. The third-order valence-corrected chi connectivity index (χ3v) is 4.79. The lowest BCUT2D eigenvalue weighted by molar-refractivity contribution is 0.244. The molecule has 2 rings (SSSR count). The molecule has 0 aliphatic heterocycles. The summed E-state index contributed by atoms with van der Waals surface area (Å²) in [5.41, 5.74) is 5.09. The highest BCUT2D eigenvalue weighted by Gasteiger charge is 2.33. The van der Waals surface area contributed by atoms with E-state index >= 15 is 0 Å². The van der Waals surface area contributed by atoms with Crippen LogP contribution >= 0.6 is 0 Å². The maximum Gasteiger partial charge on any atom is 0.217 e. The first-order chi connectivity index (χ1) is 12.2. The molecule has 0 spiro atoms. The van der Waals surface area contributed by atoms with Crippen molar-refractivity contribution in [1.29, 1.82) is 0 Å². The molecule has 6 nitrogen and oxygen atoms in total. The van der Waals surface area contributed by atoms with Crippen LogP contribution in [0.3, 0.4) is 0 Å². The molecule has 2 aromatic rings. The van der Waals surface area contributed by atoms with Gasteiger partial charge >= 0.3 is 0 Å². The monoisotopic (exact) mass is 381 g/mol. The van der Waals surface area contributed by atoms with Gasteiger partial charge in [0.1, 0.15) is 17.9 Å². The highest BCUT2D eigenvalue weighted by molar-refractivity contribution is 7.80. The number of aliphatic hydroxyl groups is 1. The van der Waals surface area contributed by atoms with E-state index in [2.05, 4.69) is 73.5 Å². The van der Waals surface area contributed by atoms with Gasteiger partial charge in [-0.15, -0.1) is 0 Å². The summed E-state index contributed by atoms with van der Waals surface area (Å²) in [6.07, 6.45) is 0. The Kier molecular flexibility index (Phi) is 8.39. The number of nitrogens with zero attached hydrogens (tertiary/aromatic N) is 1. The van der Waals surface area contributed by atoms with Crippen molar-refractivity contribution in [3.8, 4) is 0 Å². The van der Waals surface area contributed by atoms with Gasteiger partial charge in [0.05, 0.1) is 20.3 Å². The number of para-hydroxylation sites is 2. The molecule has 0 saturated heterocycles. The average molecular weight is 381 g/mol. The number of rotatable bonds is 6.